The summed E-state index contributed by atoms with van der Waals surface area (Å²) in [7, 11) is 3.21. The fourth-order valence-electron chi connectivity index (χ4n) is 1.39. The second-order valence-corrected chi connectivity index (χ2v) is 3.75. The van der Waals surface area contributed by atoms with E-state index in [1.807, 2.05) is 18.2 Å². The molecule has 1 aromatic carbocycles. The third kappa shape index (κ3) is 2.57. The van der Waals surface area contributed by atoms with Gasteiger partial charge in [-0.1, -0.05) is 0 Å². The van der Waals surface area contributed by atoms with Gasteiger partial charge in [-0.25, -0.2) is 0 Å². The van der Waals surface area contributed by atoms with Crippen molar-refractivity contribution in [2.24, 2.45) is 5.10 Å². The minimum atomic E-state index is 0.424. The minimum Gasteiger partial charge on any atom is -0.497 e. The van der Waals surface area contributed by atoms with Crippen LogP contribution in [0.3, 0.4) is 0 Å². The maximum atomic E-state index is 5.24. The van der Waals surface area contributed by atoms with E-state index in [0.29, 0.717) is 10.5 Å². The van der Waals surface area contributed by atoms with Crippen molar-refractivity contribution in [2.45, 2.75) is 0 Å². The maximum Gasteiger partial charge on any atom is 0.216 e. The van der Waals surface area contributed by atoms with Crippen LogP contribution in [0.25, 0.3) is 0 Å². The lowest BCUT2D eigenvalue weighted by Crippen LogP contribution is -1.94. The van der Waals surface area contributed by atoms with Gasteiger partial charge >= 0.3 is 0 Å². The average molecular weight is 264 g/mol. The molecule has 0 saturated heterocycles. The van der Waals surface area contributed by atoms with E-state index in [4.69, 9.17) is 21.7 Å². The van der Waals surface area contributed by atoms with Crippen molar-refractivity contribution >= 4 is 18.4 Å². The lowest BCUT2D eigenvalue weighted by molar-refractivity contribution is 0.402. The molecule has 0 atom stereocenters. The Hall–Kier alpha value is -2.15. The third-order valence-electron chi connectivity index (χ3n) is 2.29. The van der Waals surface area contributed by atoms with Crippen LogP contribution in [0.2, 0.25) is 0 Å². The van der Waals surface area contributed by atoms with E-state index in [1.165, 1.54) is 11.0 Å². The van der Waals surface area contributed by atoms with Gasteiger partial charge in [-0.05, 0) is 30.4 Å². The molecule has 1 heterocycles. The van der Waals surface area contributed by atoms with E-state index in [0.717, 1.165) is 11.3 Å². The minimum absolute atomic E-state index is 0.424. The SMILES string of the molecule is COc1ccc(OC)c(/C=N/n2cn[nH]c2=S)c1. The highest BCUT2D eigenvalue weighted by Crippen LogP contribution is 2.22. The molecular weight excluding hydrogens is 252 g/mol. The second-order valence-electron chi connectivity index (χ2n) is 3.36. The summed E-state index contributed by atoms with van der Waals surface area (Å²) in [5.41, 5.74) is 0.792. The van der Waals surface area contributed by atoms with Crippen LogP contribution < -0.4 is 9.47 Å². The Bertz CT molecular complexity index is 618. The number of methoxy groups -OCH3 is 2. The summed E-state index contributed by atoms with van der Waals surface area (Å²) >= 11 is 4.99. The van der Waals surface area contributed by atoms with Crippen LogP contribution in [0.4, 0.5) is 0 Å². The standard InChI is InChI=1S/C11H12N4O2S/c1-16-9-3-4-10(17-2)8(5-9)6-13-15-7-12-14-11(15)18/h3-7H,1-2H3,(H,14,18)/b13-6+. The topological polar surface area (TPSA) is 64.4 Å². The molecule has 2 rings (SSSR count). The van der Waals surface area contributed by atoms with Gasteiger partial charge < -0.3 is 9.47 Å². The molecule has 0 aliphatic rings. The van der Waals surface area contributed by atoms with Crippen LogP contribution in [0.15, 0.2) is 29.6 Å². The van der Waals surface area contributed by atoms with Crippen LogP contribution in [0.1, 0.15) is 5.56 Å². The quantitative estimate of drug-likeness (QED) is 0.676. The van der Waals surface area contributed by atoms with E-state index >= 15 is 0 Å². The molecule has 0 bridgehead atoms. The smallest absolute Gasteiger partial charge is 0.216 e. The summed E-state index contributed by atoms with van der Waals surface area (Å²) in [5, 5.41) is 10.6. The first-order valence-electron chi connectivity index (χ1n) is 5.13. The largest absolute Gasteiger partial charge is 0.497 e. The molecule has 0 amide bonds. The number of nitrogens with one attached hydrogen (secondary N) is 1. The highest BCUT2D eigenvalue weighted by Gasteiger charge is 2.02. The van der Waals surface area contributed by atoms with E-state index in [1.54, 1.807) is 20.4 Å². The predicted molar refractivity (Wildman–Crippen MR) is 69.9 cm³/mol. The number of rotatable bonds is 4. The summed E-state index contributed by atoms with van der Waals surface area (Å²) in [6.07, 6.45) is 3.12. The molecule has 0 unspecified atom stereocenters. The van der Waals surface area contributed by atoms with E-state index < -0.39 is 0 Å². The third-order valence-corrected chi connectivity index (χ3v) is 2.57. The van der Waals surface area contributed by atoms with Crippen LogP contribution in [0, 0.1) is 4.77 Å². The predicted octanol–water partition coefficient (Wildman–Crippen LogP) is 1.84. The molecule has 0 aliphatic carbocycles. The number of ether oxygens (including phenoxy) is 2. The fraction of sp³-hybridized carbons (Fsp3) is 0.182. The molecule has 0 fully saturated rings. The molecule has 0 radical (unpaired) electrons. The van der Waals surface area contributed by atoms with Crippen molar-refractivity contribution < 1.29 is 9.47 Å². The highest BCUT2D eigenvalue weighted by molar-refractivity contribution is 7.71. The van der Waals surface area contributed by atoms with Crippen molar-refractivity contribution in [3.63, 3.8) is 0 Å². The molecular formula is C11H12N4O2S. The summed E-state index contributed by atoms with van der Waals surface area (Å²) in [6.45, 7) is 0. The van der Waals surface area contributed by atoms with Crippen molar-refractivity contribution in [2.75, 3.05) is 14.2 Å². The summed E-state index contributed by atoms with van der Waals surface area (Å²) in [4.78, 5) is 0. The van der Waals surface area contributed by atoms with Gasteiger partial charge in [0, 0.05) is 5.56 Å². The molecule has 2 aromatic rings. The molecule has 7 heteroatoms. The molecule has 1 N–H and O–H groups in total. The zero-order chi connectivity index (χ0) is 13.0. The first kappa shape index (κ1) is 12.3. The van der Waals surface area contributed by atoms with E-state index in [-0.39, 0.29) is 0 Å². The lowest BCUT2D eigenvalue weighted by atomic mass is 10.2. The van der Waals surface area contributed by atoms with E-state index in [2.05, 4.69) is 15.3 Å². The lowest BCUT2D eigenvalue weighted by Gasteiger charge is -2.06. The second kappa shape index (κ2) is 5.46. The monoisotopic (exact) mass is 264 g/mol. The van der Waals surface area contributed by atoms with Gasteiger partial charge in [0.2, 0.25) is 4.77 Å². The number of H-pyrrole nitrogens is 1. The Kier molecular flexibility index (Phi) is 3.73. The van der Waals surface area contributed by atoms with Crippen molar-refractivity contribution in [3.05, 3.63) is 34.9 Å². The van der Waals surface area contributed by atoms with Crippen molar-refractivity contribution in [1.29, 1.82) is 0 Å². The number of hydrogen-bond acceptors (Lipinski definition) is 5. The zero-order valence-corrected chi connectivity index (χ0v) is 10.8. The fourth-order valence-corrected chi connectivity index (χ4v) is 1.54. The van der Waals surface area contributed by atoms with Gasteiger partial charge in [-0.2, -0.15) is 14.9 Å². The first-order valence-corrected chi connectivity index (χ1v) is 5.54. The number of hydrogen-bond donors (Lipinski definition) is 1. The summed E-state index contributed by atoms with van der Waals surface area (Å²) in [6, 6.07) is 5.46. The summed E-state index contributed by atoms with van der Waals surface area (Å²) in [5.74, 6) is 1.43. The van der Waals surface area contributed by atoms with Gasteiger partial charge in [0.05, 0.1) is 20.4 Å². The van der Waals surface area contributed by atoms with Crippen LogP contribution >= 0.6 is 12.2 Å². The molecule has 0 spiro atoms. The maximum absolute atomic E-state index is 5.24. The van der Waals surface area contributed by atoms with E-state index in [9.17, 15) is 0 Å². The Balaban J connectivity index is 2.35. The summed E-state index contributed by atoms with van der Waals surface area (Å²) < 4.78 is 12.3. The van der Waals surface area contributed by atoms with Gasteiger partial charge in [0.1, 0.15) is 17.8 Å². The average Bonchev–Trinajstić information content (AvgIpc) is 2.81. The number of aromatic nitrogens is 3. The number of aromatic amines is 1. The Morgan fingerprint density at radius 3 is 2.83 bits per heavy atom. The molecule has 94 valence electrons. The number of benzene rings is 1. The van der Waals surface area contributed by atoms with Crippen molar-refractivity contribution in [1.82, 2.24) is 14.9 Å². The molecule has 0 aliphatic heterocycles. The molecule has 0 saturated carbocycles. The molecule has 1 aromatic heterocycles. The number of nitrogens with zero attached hydrogens (tertiary/aromatic N) is 3. The first-order chi connectivity index (χ1) is 8.74. The Morgan fingerprint density at radius 1 is 1.39 bits per heavy atom. The van der Waals surface area contributed by atoms with Crippen molar-refractivity contribution in [3.8, 4) is 11.5 Å². The highest BCUT2D eigenvalue weighted by atomic mass is 32.1. The molecule has 18 heavy (non-hydrogen) atoms. The zero-order valence-electron chi connectivity index (χ0n) is 9.95. The van der Waals surface area contributed by atoms with Crippen LogP contribution in [-0.4, -0.2) is 35.3 Å². The van der Waals surface area contributed by atoms with Crippen LogP contribution in [0.5, 0.6) is 11.5 Å². The van der Waals surface area contributed by atoms with Gasteiger partial charge in [0.15, 0.2) is 0 Å². The van der Waals surface area contributed by atoms with Crippen LogP contribution in [-0.2, 0) is 0 Å². The normalized spacial score (nSPS) is 10.8. The Morgan fingerprint density at radius 2 is 2.22 bits per heavy atom. The van der Waals surface area contributed by atoms with Gasteiger partial charge in [0.25, 0.3) is 0 Å². The molecule has 6 nitrogen and oxygen atoms in total. The Labute approximate surface area is 109 Å². The van der Waals surface area contributed by atoms with Gasteiger partial charge in [-0.15, -0.1) is 0 Å². The van der Waals surface area contributed by atoms with Gasteiger partial charge in [-0.3, -0.25) is 5.10 Å².